The van der Waals surface area contributed by atoms with Crippen molar-refractivity contribution in [2.24, 2.45) is 0 Å². The normalized spacial score (nSPS) is 13.6. The third-order valence-electron chi connectivity index (χ3n) is 4.09. The lowest BCUT2D eigenvalue weighted by Crippen LogP contribution is -2.47. The van der Waals surface area contributed by atoms with Crippen molar-refractivity contribution in [3.8, 4) is 5.75 Å². The molecule has 2 amide bonds. The van der Waals surface area contributed by atoms with Crippen LogP contribution in [0.4, 0.5) is 17.1 Å². The van der Waals surface area contributed by atoms with Crippen LogP contribution >= 0.6 is 0 Å². The van der Waals surface area contributed by atoms with Gasteiger partial charge in [0.15, 0.2) is 0 Å². The Kier molecular flexibility index (Phi) is 5.04. The number of rotatable bonds is 5. The molecule has 0 unspecified atom stereocenters. The standard InChI is InChI=1S/C18H19N3O5S/c1-26-14-7-5-6-13(10-14)21(27(2,24)25)12-18(23)20-11-17(22)19-15-8-3-4-9-16(15)20/h3-10H,11-12H2,1-2H3,(H,19,22). The molecule has 1 heterocycles. The van der Waals surface area contributed by atoms with Gasteiger partial charge in [-0.3, -0.25) is 18.8 Å². The van der Waals surface area contributed by atoms with Crippen LogP contribution in [-0.2, 0) is 19.6 Å². The number of carbonyl (C=O) groups is 2. The van der Waals surface area contributed by atoms with Crippen molar-refractivity contribution in [3.63, 3.8) is 0 Å². The minimum Gasteiger partial charge on any atom is -0.497 e. The number of benzene rings is 2. The smallest absolute Gasteiger partial charge is 0.248 e. The number of methoxy groups -OCH3 is 1. The fourth-order valence-corrected chi connectivity index (χ4v) is 3.67. The molecule has 2 aromatic rings. The van der Waals surface area contributed by atoms with E-state index in [0.29, 0.717) is 22.8 Å². The molecule has 0 aromatic heterocycles. The van der Waals surface area contributed by atoms with Crippen LogP contribution in [-0.4, -0.2) is 46.7 Å². The van der Waals surface area contributed by atoms with Gasteiger partial charge in [0.2, 0.25) is 21.8 Å². The number of hydrogen-bond donors (Lipinski definition) is 1. The largest absolute Gasteiger partial charge is 0.497 e. The Morgan fingerprint density at radius 3 is 2.67 bits per heavy atom. The lowest BCUT2D eigenvalue weighted by molar-refractivity contribution is -0.121. The van der Waals surface area contributed by atoms with Gasteiger partial charge in [-0.1, -0.05) is 18.2 Å². The van der Waals surface area contributed by atoms with Crippen molar-refractivity contribution in [2.45, 2.75) is 0 Å². The lowest BCUT2D eigenvalue weighted by Gasteiger charge is -2.31. The van der Waals surface area contributed by atoms with Crippen molar-refractivity contribution in [1.29, 1.82) is 0 Å². The Labute approximate surface area is 157 Å². The van der Waals surface area contributed by atoms with Gasteiger partial charge in [-0.05, 0) is 24.3 Å². The molecule has 1 N–H and O–H groups in total. The first-order valence-electron chi connectivity index (χ1n) is 8.10. The number of hydrogen-bond acceptors (Lipinski definition) is 5. The van der Waals surface area contributed by atoms with Gasteiger partial charge >= 0.3 is 0 Å². The van der Waals surface area contributed by atoms with Gasteiger partial charge in [0.05, 0.1) is 30.4 Å². The van der Waals surface area contributed by atoms with E-state index in [1.807, 2.05) is 0 Å². The third kappa shape index (κ3) is 4.03. The summed E-state index contributed by atoms with van der Waals surface area (Å²) in [5.74, 6) is -0.379. The van der Waals surface area contributed by atoms with Crippen LogP contribution in [0.1, 0.15) is 0 Å². The van der Waals surface area contributed by atoms with Crippen LogP contribution in [0.15, 0.2) is 48.5 Å². The van der Waals surface area contributed by atoms with E-state index in [2.05, 4.69) is 5.32 Å². The van der Waals surface area contributed by atoms with E-state index in [1.54, 1.807) is 42.5 Å². The molecule has 0 radical (unpaired) electrons. The van der Waals surface area contributed by atoms with Crippen LogP contribution in [0.5, 0.6) is 5.75 Å². The summed E-state index contributed by atoms with van der Waals surface area (Å²) in [6, 6.07) is 13.3. The zero-order chi connectivity index (χ0) is 19.6. The number of para-hydroxylation sites is 2. The second kappa shape index (κ2) is 7.28. The first kappa shape index (κ1) is 18.7. The minimum absolute atomic E-state index is 0.175. The molecule has 0 spiro atoms. The molecule has 0 saturated carbocycles. The van der Waals surface area contributed by atoms with Crippen molar-refractivity contribution in [2.75, 3.05) is 41.0 Å². The number of fused-ring (bicyclic) bond motifs is 1. The minimum atomic E-state index is -3.74. The molecule has 0 atom stereocenters. The molecule has 0 aliphatic carbocycles. The predicted molar refractivity (Wildman–Crippen MR) is 103 cm³/mol. The van der Waals surface area contributed by atoms with E-state index < -0.39 is 22.5 Å². The van der Waals surface area contributed by atoms with E-state index in [0.717, 1.165) is 10.6 Å². The highest BCUT2D eigenvalue weighted by molar-refractivity contribution is 7.92. The van der Waals surface area contributed by atoms with E-state index in [9.17, 15) is 18.0 Å². The second-order valence-corrected chi connectivity index (χ2v) is 7.92. The molecule has 9 heteroatoms. The number of anilines is 3. The summed E-state index contributed by atoms with van der Waals surface area (Å²) in [6.45, 7) is -0.612. The number of ether oxygens (including phenoxy) is 1. The molecule has 1 aliphatic heterocycles. The van der Waals surface area contributed by atoms with E-state index in [1.165, 1.54) is 18.1 Å². The van der Waals surface area contributed by atoms with Crippen LogP contribution in [0.25, 0.3) is 0 Å². The fourth-order valence-electron chi connectivity index (χ4n) is 2.83. The number of carbonyl (C=O) groups excluding carboxylic acids is 2. The highest BCUT2D eigenvalue weighted by Crippen LogP contribution is 2.30. The molecule has 2 aromatic carbocycles. The molecular weight excluding hydrogens is 370 g/mol. The van der Waals surface area contributed by atoms with Gasteiger partial charge in [-0.25, -0.2) is 8.42 Å². The maximum atomic E-state index is 12.9. The van der Waals surface area contributed by atoms with Crippen molar-refractivity contribution in [3.05, 3.63) is 48.5 Å². The Bertz CT molecular complexity index is 990. The highest BCUT2D eigenvalue weighted by Gasteiger charge is 2.30. The monoisotopic (exact) mass is 389 g/mol. The summed E-state index contributed by atoms with van der Waals surface area (Å²) in [5.41, 5.74) is 1.34. The molecule has 27 heavy (non-hydrogen) atoms. The number of sulfonamides is 1. The fraction of sp³-hybridized carbons (Fsp3) is 0.222. The Hall–Kier alpha value is -3.07. The molecule has 0 saturated heterocycles. The predicted octanol–water partition coefficient (Wildman–Crippen LogP) is 1.45. The quantitative estimate of drug-likeness (QED) is 0.835. The number of amides is 2. The zero-order valence-electron chi connectivity index (χ0n) is 14.9. The van der Waals surface area contributed by atoms with Gasteiger partial charge in [0.1, 0.15) is 18.8 Å². The maximum Gasteiger partial charge on any atom is 0.248 e. The average Bonchev–Trinajstić information content (AvgIpc) is 2.64. The number of nitrogens with zero attached hydrogens (tertiary/aromatic N) is 2. The van der Waals surface area contributed by atoms with Crippen molar-refractivity contribution in [1.82, 2.24) is 0 Å². The van der Waals surface area contributed by atoms with Crippen LogP contribution < -0.4 is 19.3 Å². The molecule has 3 rings (SSSR count). The first-order chi connectivity index (χ1) is 12.8. The van der Waals surface area contributed by atoms with Gasteiger partial charge in [0.25, 0.3) is 0 Å². The highest BCUT2D eigenvalue weighted by atomic mass is 32.2. The number of nitrogens with one attached hydrogen (secondary N) is 1. The van der Waals surface area contributed by atoms with Crippen molar-refractivity contribution < 1.29 is 22.7 Å². The zero-order valence-corrected chi connectivity index (χ0v) is 15.7. The third-order valence-corrected chi connectivity index (χ3v) is 5.23. The summed E-state index contributed by atoms with van der Waals surface area (Å²) in [6.07, 6.45) is 1.02. The Balaban J connectivity index is 1.93. The van der Waals surface area contributed by atoms with E-state index in [-0.39, 0.29) is 12.5 Å². The van der Waals surface area contributed by atoms with Gasteiger partial charge in [-0.2, -0.15) is 0 Å². The Morgan fingerprint density at radius 2 is 1.96 bits per heavy atom. The van der Waals surface area contributed by atoms with Gasteiger partial charge in [0, 0.05) is 6.07 Å². The molecule has 0 fully saturated rings. The van der Waals surface area contributed by atoms with Crippen LogP contribution in [0, 0.1) is 0 Å². The molecule has 142 valence electrons. The Morgan fingerprint density at radius 1 is 1.22 bits per heavy atom. The second-order valence-electron chi connectivity index (χ2n) is 6.02. The van der Waals surface area contributed by atoms with Crippen molar-refractivity contribution >= 4 is 38.9 Å². The SMILES string of the molecule is COc1cccc(N(CC(=O)N2CC(=O)Nc3ccccc32)S(C)(=O)=O)c1. The van der Waals surface area contributed by atoms with E-state index in [4.69, 9.17) is 4.74 Å². The topological polar surface area (TPSA) is 96.0 Å². The molecular formula is C18H19N3O5S. The summed E-state index contributed by atoms with van der Waals surface area (Å²) in [5, 5.41) is 2.69. The molecule has 1 aliphatic rings. The van der Waals surface area contributed by atoms with Gasteiger partial charge < -0.3 is 10.1 Å². The van der Waals surface area contributed by atoms with Crippen LogP contribution in [0.3, 0.4) is 0 Å². The van der Waals surface area contributed by atoms with E-state index >= 15 is 0 Å². The lowest BCUT2D eigenvalue weighted by atomic mass is 10.2. The summed E-state index contributed by atoms with van der Waals surface area (Å²) in [4.78, 5) is 26.1. The molecule has 0 bridgehead atoms. The summed E-state index contributed by atoms with van der Waals surface area (Å²) in [7, 11) is -2.27. The maximum absolute atomic E-state index is 12.9. The first-order valence-corrected chi connectivity index (χ1v) is 9.95. The van der Waals surface area contributed by atoms with Gasteiger partial charge in [-0.15, -0.1) is 0 Å². The van der Waals surface area contributed by atoms with Crippen LogP contribution in [0.2, 0.25) is 0 Å². The summed E-state index contributed by atoms with van der Waals surface area (Å²) >= 11 is 0. The summed E-state index contributed by atoms with van der Waals surface area (Å²) < 4.78 is 30.7. The molecule has 8 nitrogen and oxygen atoms in total. The average molecular weight is 389 g/mol.